The molecule has 0 saturated carbocycles. The van der Waals surface area contributed by atoms with Gasteiger partial charge in [-0.2, -0.15) is 8.75 Å². The number of hydrogen-bond acceptors (Lipinski definition) is 7. The van der Waals surface area contributed by atoms with Crippen molar-refractivity contribution in [3.05, 3.63) is 89.0 Å². The highest BCUT2D eigenvalue weighted by atomic mass is 32.1. The number of aromatic nitrogens is 2. The first-order chi connectivity index (χ1) is 16.0. The van der Waals surface area contributed by atoms with Crippen LogP contribution >= 0.6 is 11.7 Å². The van der Waals surface area contributed by atoms with Gasteiger partial charge in [-0.1, -0.05) is 42.5 Å². The Hall–Kier alpha value is -4.04. The van der Waals surface area contributed by atoms with Gasteiger partial charge in [-0.3, -0.25) is 4.79 Å². The van der Waals surface area contributed by atoms with E-state index in [1.54, 1.807) is 66.7 Å². The van der Waals surface area contributed by atoms with Crippen LogP contribution in [-0.4, -0.2) is 39.8 Å². The first-order valence-corrected chi connectivity index (χ1v) is 10.7. The van der Waals surface area contributed by atoms with E-state index >= 15 is 0 Å². The summed E-state index contributed by atoms with van der Waals surface area (Å²) >= 11 is 1.05. The normalized spacial score (nSPS) is 11.7. The average Bonchev–Trinajstić information content (AvgIpc) is 3.31. The third kappa shape index (κ3) is 4.61. The number of ether oxygens (including phenoxy) is 2. The fourth-order valence-electron chi connectivity index (χ4n) is 3.61. The van der Waals surface area contributed by atoms with Gasteiger partial charge in [-0.25, -0.2) is 4.79 Å². The predicted octanol–water partition coefficient (Wildman–Crippen LogP) is 4.67. The van der Waals surface area contributed by atoms with Crippen molar-refractivity contribution in [2.24, 2.45) is 0 Å². The van der Waals surface area contributed by atoms with E-state index in [9.17, 15) is 14.7 Å². The summed E-state index contributed by atoms with van der Waals surface area (Å²) in [5, 5.41) is 10.2. The molecule has 0 amide bonds. The fourth-order valence-corrected chi connectivity index (χ4v) is 4.12. The maximum atomic E-state index is 13.6. The second-order valence-corrected chi connectivity index (χ2v) is 7.72. The second-order valence-electron chi connectivity index (χ2n) is 7.19. The Kier molecular flexibility index (Phi) is 6.46. The van der Waals surface area contributed by atoms with Crippen LogP contribution in [-0.2, 0) is 11.2 Å². The number of rotatable bonds is 8. The lowest BCUT2D eigenvalue weighted by molar-refractivity contribution is -0.130. The molecule has 0 bridgehead atoms. The largest absolute Gasteiger partial charge is 0.493 e. The summed E-state index contributed by atoms with van der Waals surface area (Å²) in [6, 6.07) is 18.9. The zero-order valence-corrected chi connectivity index (χ0v) is 18.8. The molecule has 1 aromatic heterocycles. The van der Waals surface area contributed by atoms with Crippen molar-refractivity contribution < 1.29 is 24.2 Å². The van der Waals surface area contributed by atoms with Gasteiger partial charge in [0.25, 0.3) is 0 Å². The number of carbonyl (C=O) groups is 2. The van der Waals surface area contributed by atoms with Crippen molar-refractivity contribution >= 4 is 40.1 Å². The smallest absolute Gasteiger partial charge is 0.336 e. The number of nitrogens with zero attached hydrogens (tertiary/aromatic N) is 2. The molecule has 0 fully saturated rings. The van der Waals surface area contributed by atoms with Crippen molar-refractivity contribution in [2.75, 3.05) is 14.2 Å². The van der Waals surface area contributed by atoms with Gasteiger partial charge in [0.05, 0.1) is 31.5 Å². The molecule has 8 heteroatoms. The Morgan fingerprint density at radius 3 is 2.27 bits per heavy atom. The molecule has 7 nitrogen and oxygen atoms in total. The van der Waals surface area contributed by atoms with Crippen molar-refractivity contribution in [2.45, 2.75) is 6.42 Å². The van der Waals surface area contributed by atoms with Crippen LogP contribution < -0.4 is 9.47 Å². The summed E-state index contributed by atoms with van der Waals surface area (Å²) in [7, 11) is 3.06. The summed E-state index contributed by atoms with van der Waals surface area (Å²) in [5.41, 5.74) is 2.84. The number of aliphatic carboxylic acids is 1. The van der Waals surface area contributed by atoms with E-state index in [0.717, 1.165) is 11.7 Å². The van der Waals surface area contributed by atoms with Gasteiger partial charge < -0.3 is 14.6 Å². The third-order valence-corrected chi connectivity index (χ3v) is 5.75. The number of ketones is 1. The predicted molar refractivity (Wildman–Crippen MR) is 126 cm³/mol. The summed E-state index contributed by atoms with van der Waals surface area (Å²) in [6.07, 6.45) is 0.0864. The van der Waals surface area contributed by atoms with Crippen LogP contribution in [0.15, 0.2) is 72.3 Å². The summed E-state index contributed by atoms with van der Waals surface area (Å²) in [5.74, 6) is -0.522. The van der Waals surface area contributed by atoms with Gasteiger partial charge in [-0.15, -0.1) is 0 Å². The molecule has 4 rings (SSSR count). The molecule has 166 valence electrons. The molecule has 0 aliphatic heterocycles. The molecule has 0 aliphatic carbocycles. The molecule has 1 N–H and O–H groups in total. The maximum absolute atomic E-state index is 13.6. The minimum absolute atomic E-state index is 0.0754. The van der Waals surface area contributed by atoms with Gasteiger partial charge >= 0.3 is 5.97 Å². The van der Waals surface area contributed by atoms with E-state index in [-0.39, 0.29) is 23.4 Å². The number of carboxylic acid groups (broad SMARTS) is 1. The van der Waals surface area contributed by atoms with Crippen LogP contribution in [0, 0.1) is 0 Å². The Balaban J connectivity index is 1.90. The van der Waals surface area contributed by atoms with E-state index in [2.05, 4.69) is 8.75 Å². The van der Waals surface area contributed by atoms with Crippen molar-refractivity contribution in [1.29, 1.82) is 0 Å². The average molecular weight is 461 g/mol. The van der Waals surface area contributed by atoms with Crippen molar-refractivity contribution in [3.8, 4) is 11.5 Å². The lowest BCUT2D eigenvalue weighted by Gasteiger charge is -2.14. The van der Waals surface area contributed by atoms with E-state index < -0.39 is 5.97 Å². The standard InChI is InChI=1S/C25H20N2O5S/c1-31-21-11-8-15(13-22(21)32-2)12-18(24(28)16-6-4-3-5-7-16)23(25(29)30)17-9-10-19-20(14-17)27-33-26-19/h3-11,13-14H,12H2,1-2H3,(H,29,30). The third-order valence-electron chi connectivity index (χ3n) is 5.20. The molecule has 0 radical (unpaired) electrons. The van der Waals surface area contributed by atoms with Gasteiger partial charge in [0, 0.05) is 17.6 Å². The quantitative estimate of drug-likeness (QED) is 0.301. The summed E-state index contributed by atoms with van der Waals surface area (Å²) < 4.78 is 19.0. The van der Waals surface area contributed by atoms with E-state index in [0.29, 0.717) is 39.2 Å². The van der Waals surface area contributed by atoms with Crippen LogP contribution in [0.4, 0.5) is 0 Å². The van der Waals surface area contributed by atoms with Gasteiger partial charge in [0.2, 0.25) is 0 Å². The van der Waals surface area contributed by atoms with Crippen LogP contribution in [0.25, 0.3) is 16.6 Å². The van der Waals surface area contributed by atoms with Gasteiger partial charge in [-0.05, 0) is 35.4 Å². The second kappa shape index (κ2) is 9.62. The number of benzene rings is 3. The van der Waals surface area contributed by atoms with Crippen LogP contribution in [0.3, 0.4) is 0 Å². The molecule has 4 aromatic rings. The summed E-state index contributed by atoms with van der Waals surface area (Å²) in [4.78, 5) is 26.0. The number of allylic oxidation sites excluding steroid dienone is 1. The van der Waals surface area contributed by atoms with Crippen molar-refractivity contribution in [1.82, 2.24) is 8.75 Å². The molecule has 33 heavy (non-hydrogen) atoms. The Morgan fingerprint density at radius 2 is 1.58 bits per heavy atom. The number of hydrogen-bond donors (Lipinski definition) is 1. The lowest BCUT2D eigenvalue weighted by Crippen LogP contribution is -2.14. The highest BCUT2D eigenvalue weighted by Crippen LogP contribution is 2.31. The number of Topliss-reactive ketones (excluding diaryl/α,β-unsaturated/α-hetero) is 1. The molecular formula is C25H20N2O5S. The van der Waals surface area contributed by atoms with Gasteiger partial charge in [0.15, 0.2) is 17.3 Å². The first-order valence-electron chi connectivity index (χ1n) is 10.0. The Bertz CT molecular complexity index is 1360. The Morgan fingerprint density at radius 1 is 0.848 bits per heavy atom. The topological polar surface area (TPSA) is 98.6 Å². The van der Waals surface area contributed by atoms with Gasteiger partial charge in [0.1, 0.15) is 11.0 Å². The molecule has 0 aliphatic rings. The number of fused-ring (bicyclic) bond motifs is 1. The number of methoxy groups -OCH3 is 2. The molecule has 0 saturated heterocycles. The van der Waals surface area contributed by atoms with E-state index in [1.165, 1.54) is 14.2 Å². The minimum atomic E-state index is -1.20. The van der Waals surface area contributed by atoms with Crippen molar-refractivity contribution in [3.63, 3.8) is 0 Å². The zero-order chi connectivity index (χ0) is 23.4. The minimum Gasteiger partial charge on any atom is -0.493 e. The molecule has 0 spiro atoms. The van der Waals surface area contributed by atoms with Crippen LogP contribution in [0.1, 0.15) is 21.5 Å². The molecule has 3 aromatic carbocycles. The number of carbonyl (C=O) groups excluding carboxylic acids is 1. The van der Waals surface area contributed by atoms with Crippen LogP contribution in [0.5, 0.6) is 11.5 Å². The molecule has 1 heterocycles. The monoisotopic (exact) mass is 460 g/mol. The lowest BCUT2D eigenvalue weighted by atomic mass is 9.89. The van der Waals surface area contributed by atoms with Crippen LogP contribution in [0.2, 0.25) is 0 Å². The highest BCUT2D eigenvalue weighted by Gasteiger charge is 2.24. The highest BCUT2D eigenvalue weighted by molar-refractivity contribution is 7.00. The maximum Gasteiger partial charge on any atom is 0.336 e. The fraction of sp³-hybridized carbons (Fsp3) is 0.120. The molecule has 0 unspecified atom stereocenters. The van der Waals surface area contributed by atoms with E-state index in [4.69, 9.17) is 9.47 Å². The van der Waals surface area contributed by atoms with E-state index in [1.807, 2.05) is 0 Å². The first kappa shape index (κ1) is 22.2. The molecule has 0 atom stereocenters. The zero-order valence-electron chi connectivity index (χ0n) is 17.9. The Labute approximate surface area is 194 Å². The summed E-state index contributed by atoms with van der Waals surface area (Å²) in [6.45, 7) is 0. The SMILES string of the molecule is COc1ccc(CC(C(=O)c2ccccc2)=C(C(=O)O)c2ccc3nsnc3c2)cc1OC. The molecular weight excluding hydrogens is 440 g/mol. The number of carboxylic acids is 1.